The Kier molecular flexibility index (Phi) is 7.97. The lowest BCUT2D eigenvalue weighted by molar-refractivity contribution is -0.145. The van der Waals surface area contributed by atoms with Crippen molar-refractivity contribution in [3.8, 4) is 11.1 Å². The van der Waals surface area contributed by atoms with Crippen LogP contribution in [0.5, 0.6) is 0 Å². The SMILES string of the molecule is CC(CCCNC(=O)OCC1c2ccccc2-c2ccccc21)C(=O)NC(C(=O)O)C(C)(C)C. The Morgan fingerprint density at radius 3 is 2.09 bits per heavy atom. The lowest BCUT2D eigenvalue weighted by Gasteiger charge is -2.28. The smallest absolute Gasteiger partial charge is 0.407 e. The molecule has 0 aromatic heterocycles. The molecule has 2 aromatic carbocycles. The van der Waals surface area contributed by atoms with Crippen LogP contribution < -0.4 is 10.6 Å². The summed E-state index contributed by atoms with van der Waals surface area (Å²) in [6.45, 7) is 7.70. The lowest BCUT2D eigenvalue weighted by Crippen LogP contribution is -2.50. The van der Waals surface area contributed by atoms with Crippen molar-refractivity contribution in [3.63, 3.8) is 0 Å². The van der Waals surface area contributed by atoms with Gasteiger partial charge >= 0.3 is 12.1 Å². The fourth-order valence-corrected chi connectivity index (χ4v) is 4.31. The summed E-state index contributed by atoms with van der Waals surface area (Å²) in [5.74, 6) is -1.71. The lowest BCUT2D eigenvalue weighted by atomic mass is 9.86. The van der Waals surface area contributed by atoms with E-state index < -0.39 is 23.5 Å². The van der Waals surface area contributed by atoms with E-state index in [-0.39, 0.29) is 24.3 Å². The molecule has 0 heterocycles. The number of carbonyl (C=O) groups excluding carboxylic acids is 2. The fraction of sp³-hybridized carbons (Fsp3) is 0.444. The van der Waals surface area contributed by atoms with Crippen LogP contribution in [0.2, 0.25) is 0 Å². The van der Waals surface area contributed by atoms with E-state index >= 15 is 0 Å². The van der Waals surface area contributed by atoms with Crippen LogP contribution in [0.1, 0.15) is 57.6 Å². The van der Waals surface area contributed by atoms with Gasteiger partial charge in [0.15, 0.2) is 0 Å². The topological polar surface area (TPSA) is 105 Å². The molecule has 0 bridgehead atoms. The van der Waals surface area contributed by atoms with Gasteiger partial charge in [0, 0.05) is 18.4 Å². The highest BCUT2D eigenvalue weighted by Crippen LogP contribution is 2.44. The van der Waals surface area contributed by atoms with Crippen LogP contribution in [0.3, 0.4) is 0 Å². The van der Waals surface area contributed by atoms with Gasteiger partial charge in [0.2, 0.25) is 5.91 Å². The number of carbonyl (C=O) groups is 3. The van der Waals surface area contributed by atoms with E-state index in [1.165, 1.54) is 11.1 Å². The Morgan fingerprint density at radius 2 is 1.56 bits per heavy atom. The minimum Gasteiger partial charge on any atom is -0.480 e. The number of ether oxygens (including phenoxy) is 1. The molecule has 1 aliphatic carbocycles. The summed E-state index contributed by atoms with van der Waals surface area (Å²) < 4.78 is 5.52. The van der Waals surface area contributed by atoms with Crippen molar-refractivity contribution in [1.82, 2.24) is 10.6 Å². The van der Waals surface area contributed by atoms with Crippen LogP contribution in [-0.2, 0) is 14.3 Å². The number of fused-ring (bicyclic) bond motifs is 3. The zero-order valence-electron chi connectivity index (χ0n) is 20.3. The van der Waals surface area contributed by atoms with Crippen LogP contribution in [0, 0.1) is 11.3 Å². The van der Waals surface area contributed by atoms with Gasteiger partial charge in [-0.05, 0) is 40.5 Å². The minimum absolute atomic E-state index is 0.00636. The van der Waals surface area contributed by atoms with Gasteiger partial charge in [0.1, 0.15) is 12.6 Å². The highest BCUT2D eigenvalue weighted by Gasteiger charge is 2.33. The van der Waals surface area contributed by atoms with Crippen molar-refractivity contribution >= 4 is 18.0 Å². The summed E-state index contributed by atoms with van der Waals surface area (Å²) in [5, 5.41) is 14.7. The molecule has 0 aliphatic heterocycles. The van der Waals surface area contributed by atoms with Gasteiger partial charge in [-0.25, -0.2) is 9.59 Å². The third-order valence-electron chi connectivity index (χ3n) is 6.27. The first-order valence-electron chi connectivity index (χ1n) is 11.7. The minimum atomic E-state index is -1.05. The average molecular weight is 467 g/mol. The average Bonchev–Trinajstić information content (AvgIpc) is 3.11. The molecule has 34 heavy (non-hydrogen) atoms. The second-order valence-corrected chi connectivity index (χ2v) is 9.94. The van der Waals surface area contributed by atoms with E-state index in [0.717, 1.165) is 11.1 Å². The summed E-state index contributed by atoms with van der Waals surface area (Å²) in [4.78, 5) is 36.1. The number of benzene rings is 2. The van der Waals surface area contributed by atoms with Crippen LogP contribution in [-0.4, -0.2) is 42.3 Å². The summed E-state index contributed by atoms with van der Waals surface area (Å²) in [7, 11) is 0. The monoisotopic (exact) mass is 466 g/mol. The molecule has 1 aliphatic rings. The molecule has 182 valence electrons. The summed E-state index contributed by atoms with van der Waals surface area (Å²) in [6.07, 6.45) is 0.607. The predicted molar refractivity (Wildman–Crippen MR) is 130 cm³/mol. The molecule has 0 saturated carbocycles. The van der Waals surface area contributed by atoms with Gasteiger partial charge in [-0.3, -0.25) is 4.79 Å². The Labute approximate surface area is 200 Å². The second kappa shape index (κ2) is 10.7. The Hall–Kier alpha value is -3.35. The largest absolute Gasteiger partial charge is 0.480 e. The number of amides is 2. The zero-order valence-corrected chi connectivity index (χ0v) is 20.3. The third-order valence-corrected chi connectivity index (χ3v) is 6.27. The molecule has 2 unspecified atom stereocenters. The number of aliphatic carboxylic acids is 1. The first-order chi connectivity index (χ1) is 16.1. The molecule has 7 heteroatoms. The van der Waals surface area contributed by atoms with E-state index in [2.05, 4.69) is 34.9 Å². The van der Waals surface area contributed by atoms with Crippen molar-refractivity contribution in [2.24, 2.45) is 11.3 Å². The van der Waals surface area contributed by atoms with Crippen molar-refractivity contribution in [2.45, 2.75) is 52.5 Å². The summed E-state index contributed by atoms with van der Waals surface area (Å²) in [6, 6.07) is 15.4. The van der Waals surface area contributed by atoms with E-state index in [0.29, 0.717) is 19.4 Å². The van der Waals surface area contributed by atoms with Crippen molar-refractivity contribution < 1.29 is 24.2 Å². The van der Waals surface area contributed by atoms with Gasteiger partial charge in [0.05, 0.1) is 0 Å². The molecule has 0 fully saturated rings. The van der Waals surface area contributed by atoms with Gasteiger partial charge in [-0.1, -0.05) is 76.2 Å². The highest BCUT2D eigenvalue weighted by molar-refractivity contribution is 5.85. The maximum atomic E-state index is 12.4. The molecular formula is C27H34N2O5. The number of rotatable bonds is 9. The molecular weight excluding hydrogens is 432 g/mol. The standard InChI is InChI=1S/C27H34N2O5/c1-17(24(30)29-23(25(31)32)27(2,3)4)10-9-15-28-26(33)34-16-22-20-13-7-5-11-18(20)19-12-6-8-14-21(19)22/h5-8,11-14,17,22-23H,9-10,15-16H2,1-4H3,(H,28,33)(H,29,30)(H,31,32). The summed E-state index contributed by atoms with van der Waals surface area (Å²) >= 11 is 0. The van der Waals surface area contributed by atoms with Gasteiger partial charge < -0.3 is 20.5 Å². The Balaban J connectivity index is 1.42. The number of alkyl carbamates (subject to hydrolysis) is 1. The second-order valence-electron chi connectivity index (χ2n) is 9.94. The number of hydrogen-bond donors (Lipinski definition) is 3. The molecule has 2 atom stereocenters. The zero-order chi connectivity index (χ0) is 24.9. The summed E-state index contributed by atoms with van der Waals surface area (Å²) in [5.41, 5.74) is 4.08. The number of hydrogen-bond acceptors (Lipinski definition) is 4. The highest BCUT2D eigenvalue weighted by atomic mass is 16.5. The molecule has 0 radical (unpaired) electrons. The number of nitrogens with one attached hydrogen (secondary N) is 2. The van der Waals surface area contributed by atoms with Gasteiger partial charge in [-0.2, -0.15) is 0 Å². The van der Waals surface area contributed by atoms with Gasteiger partial charge in [0.25, 0.3) is 0 Å². The Morgan fingerprint density at radius 1 is 1.00 bits per heavy atom. The van der Waals surface area contributed by atoms with E-state index in [9.17, 15) is 19.5 Å². The Bertz CT molecular complexity index is 998. The maximum absolute atomic E-state index is 12.4. The van der Waals surface area contributed by atoms with Crippen LogP contribution in [0.25, 0.3) is 11.1 Å². The quantitative estimate of drug-likeness (QED) is 0.470. The van der Waals surface area contributed by atoms with Crippen LogP contribution in [0.15, 0.2) is 48.5 Å². The number of carboxylic acids is 1. The van der Waals surface area contributed by atoms with E-state index in [1.54, 1.807) is 27.7 Å². The van der Waals surface area contributed by atoms with E-state index in [4.69, 9.17) is 4.74 Å². The maximum Gasteiger partial charge on any atom is 0.407 e. The normalized spacial score (nSPS) is 14.5. The molecule has 2 amide bonds. The molecule has 7 nitrogen and oxygen atoms in total. The first kappa shape index (κ1) is 25.3. The predicted octanol–water partition coefficient (Wildman–Crippen LogP) is 4.56. The van der Waals surface area contributed by atoms with Crippen LogP contribution in [0.4, 0.5) is 4.79 Å². The van der Waals surface area contributed by atoms with Gasteiger partial charge in [-0.15, -0.1) is 0 Å². The molecule has 0 saturated heterocycles. The van der Waals surface area contributed by atoms with Crippen molar-refractivity contribution in [3.05, 3.63) is 59.7 Å². The molecule has 0 spiro atoms. The van der Waals surface area contributed by atoms with Crippen LogP contribution >= 0.6 is 0 Å². The molecule has 3 N–H and O–H groups in total. The molecule has 3 rings (SSSR count). The van der Waals surface area contributed by atoms with Crippen molar-refractivity contribution in [1.29, 1.82) is 0 Å². The molecule has 2 aromatic rings. The van der Waals surface area contributed by atoms with Crippen molar-refractivity contribution in [2.75, 3.05) is 13.2 Å². The fourth-order valence-electron chi connectivity index (χ4n) is 4.31. The third kappa shape index (κ3) is 5.95. The first-order valence-corrected chi connectivity index (χ1v) is 11.7. The van der Waals surface area contributed by atoms with E-state index in [1.807, 2.05) is 24.3 Å². The number of carboxylic acid groups (broad SMARTS) is 1.